The number of rotatable bonds is 4. The zero-order valence-corrected chi connectivity index (χ0v) is 19.8. The fraction of sp³-hybridized carbons (Fsp3) is 0.333. The molecule has 3 aliphatic rings. The van der Waals surface area contributed by atoms with Gasteiger partial charge in [-0.2, -0.15) is 0 Å². The van der Waals surface area contributed by atoms with E-state index in [1.807, 2.05) is 37.3 Å². The Bertz CT molecular complexity index is 1260. The number of amides is 1. The number of ketones is 1. The highest BCUT2D eigenvalue weighted by molar-refractivity contribution is 6.10. The van der Waals surface area contributed by atoms with E-state index >= 15 is 0 Å². The third-order valence-corrected chi connectivity index (χ3v) is 6.57. The van der Waals surface area contributed by atoms with E-state index in [0.717, 1.165) is 23.4 Å². The Kier molecular flexibility index (Phi) is 5.35. The molecular formula is C27H28N2O5. The van der Waals surface area contributed by atoms with Crippen molar-refractivity contribution in [2.24, 2.45) is 5.41 Å². The van der Waals surface area contributed by atoms with E-state index in [1.54, 1.807) is 19.2 Å². The first-order valence-corrected chi connectivity index (χ1v) is 11.4. The Labute approximate surface area is 198 Å². The Balaban J connectivity index is 1.61. The largest absolute Gasteiger partial charge is 0.495 e. The summed E-state index contributed by atoms with van der Waals surface area (Å²) in [5, 5.41) is 6.38. The molecule has 5 rings (SSSR count). The minimum Gasteiger partial charge on any atom is -0.495 e. The molecule has 1 aliphatic carbocycles. The van der Waals surface area contributed by atoms with Crippen LogP contribution in [0.4, 0.5) is 5.69 Å². The molecule has 0 spiro atoms. The summed E-state index contributed by atoms with van der Waals surface area (Å²) in [7, 11) is 1.56. The summed E-state index contributed by atoms with van der Waals surface area (Å²) in [4.78, 5) is 27.2. The van der Waals surface area contributed by atoms with E-state index in [0.29, 0.717) is 40.5 Å². The molecule has 2 aromatic rings. The van der Waals surface area contributed by atoms with Gasteiger partial charge >= 0.3 is 0 Å². The molecule has 7 nitrogen and oxygen atoms in total. The number of methoxy groups -OCH3 is 1. The molecule has 0 saturated heterocycles. The van der Waals surface area contributed by atoms with Gasteiger partial charge in [0.15, 0.2) is 17.3 Å². The standard InChI is InChI=1S/C27H28N2O5/c1-15-23(26(31)29-17-7-5-6-8-20(17)32-4)24(16-9-10-21-22(11-16)34-14-33-21)25-18(28-15)12-27(2,3)13-19(25)30/h5-11,24,28H,12-14H2,1-4H3,(H,29,31)/t24-/m1/s1. The van der Waals surface area contributed by atoms with Gasteiger partial charge in [-0.1, -0.05) is 32.0 Å². The molecule has 7 heteroatoms. The number of hydrogen-bond acceptors (Lipinski definition) is 6. The third-order valence-electron chi connectivity index (χ3n) is 6.57. The van der Waals surface area contributed by atoms with Gasteiger partial charge < -0.3 is 24.8 Å². The maximum atomic E-state index is 13.7. The van der Waals surface area contributed by atoms with Crippen LogP contribution in [0, 0.1) is 5.41 Å². The predicted octanol–water partition coefficient (Wildman–Crippen LogP) is 4.67. The summed E-state index contributed by atoms with van der Waals surface area (Å²) < 4.78 is 16.5. The van der Waals surface area contributed by atoms with Gasteiger partial charge in [-0.25, -0.2) is 0 Å². The lowest BCUT2D eigenvalue weighted by atomic mass is 9.68. The molecule has 34 heavy (non-hydrogen) atoms. The highest BCUT2D eigenvalue weighted by atomic mass is 16.7. The van der Waals surface area contributed by atoms with Crippen LogP contribution in [-0.4, -0.2) is 25.6 Å². The number of nitrogens with one attached hydrogen (secondary N) is 2. The number of carbonyl (C=O) groups is 2. The molecule has 2 aromatic carbocycles. The SMILES string of the molecule is COc1ccccc1NC(=O)C1=C(C)NC2=C(C(=O)CC(C)(C)C2)[C@@H]1c1ccc2c(c1)OCO2. The molecule has 0 unspecified atom stereocenters. The van der Waals surface area contributed by atoms with E-state index in [2.05, 4.69) is 24.5 Å². The summed E-state index contributed by atoms with van der Waals surface area (Å²) in [5.41, 5.74) is 3.98. The van der Waals surface area contributed by atoms with Crippen LogP contribution in [0.5, 0.6) is 17.2 Å². The summed E-state index contributed by atoms with van der Waals surface area (Å²) in [6.07, 6.45) is 1.16. The number of benzene rings is 2. The van der Waals surface area contributed by atoms with Crippen molar-refractivity contribution in [2.45, 2.75) is 39.5 Å². The lowest BCUT2D eigenvalue weighted by Gasteiger charge is -2.39. The highest BCUT2D eigenvalue weighted by Gasteiger charge is 2.43. The van der Waals surface area contributed by atoms with Crippen LogP contribution in [0.1, 0.15) is 45.1 Å². The number of hydrogen-bond donors (Lipinski definition) is 2. The Morgan fingerprint density at radius 3 is 2.68 bits per heavy atom. The highest BCUT2D eigenvalue weighted by Crippen LogP contribution is 2.48. The average molecular weight is 461 g/mol. The van der Waals surface area contributed by atoms with E-state index in [-0.39, 0.29) is 23.9 Å². The molecule has 2 N–H and O–H groups in total. The second-order valence-electron chi connectivity index (χ2n) is 9.70. The van der Waals surface area contributed by atoms with Crippen molar-refractivity contribution < 1.29 is 23.8 Å². The predicted molar refractivity (Wildman–Crippen MR) is 128 cm³/mol. The molecule has 2 aliphatic heterocycles. The lowest BCUT2D eigenvalue weighted by molar-refractivity contribution is -0.118. The number of ether oxygens (including phenoxy) is 3. The molecule has 0 saturated carbocycles. The fourth-order valence-electron chi connectivity index (χ4n) is 5.10. The quantitative estimate of drug-likeness (QED) is 0.690. The lowest BCUT2D eigenvalue weighted by Crippen LogP contribution is -2.39. The van der Waals surface area contributed by atoms with Gasteiger partial charge in [-0.05, 0) is 48.6 Å². The van der Waals surface area contributed by atoms with Crippen LogP contribution in [0.3, 0.4) is 0 Å². The van der Waals surface area contributed by atoms with Gasteiger partial charge in [0, 0.05) is 34.9 Å². The molecule has 0 radical (unpaired) electrons. The molecule has 0 aromatic heterocycles. The molecular weight excluding hydrogens is 432 g/mol. The molecule has 1 amide bonds. The number of carbonyl (C=O) groups excluding carboxylic acids is 2. The van der Waals surface area contributed by atoms with E-state index < -0.39 is 5.92 Å². The number of allylic oxidation sites excluding steroid dienone is 3. The van der Waals surface area contributed by atoms with Crippen molar-refractivity contribution in [1.29, 1.82) is 0 Å². The molecule has 176 valence electrons. The zero-order chi connectivity index (χ0) is 24.0. The molecule has 2 heterocycles. The Hall–Kier alpha value is -3.74. The number of para-hydroxylation sites is 2. The minimum absolute atomic E-state index is 0.0523. The van der Waals surface area contributed by atoms with Crippen molar-refractivity contribution in [3.63, 3.8) is 0 Å². The second-order valence-corrected chi connectivity index (χ2v) is 9.70. The van der Waals surface area contributed by atoms with Gasteiger partial charge in [0.1, 0.15) is 5.75 Å². The summed E-state index contributed by atoms with van der Waals surface area (Å²) >= 11 is 0. The first-order chi connectivity index (χ1) is 16.3. The molecule has 1 atom stereocenters. The first kappa shape index (κ1) is 22.1. The topological polar surface area (TPSA) is 85.9 Å². The number of dihydropyridines is 1. The van der Waals surface area contributed by atoms with Crippen LogP contribution in [0.2, 0.25) is 0 Å². The number of fused-ring (bicyclic) bond motifs is 1. The summed E-state index contributed by atoms with van der Waals surface area (Å²) in [5.74, 6) is 1.07. The van der Waals surface area contributed by atoms with E-state index in [1.165, 1.54) is 0 Å². The van der Waals surface area contributed by atoms with E-state index in [4.69, 9.17) is 14.2 Å². The molecule has 0 bridgehead atoms. The van der Waals surface area contributed by atoms with Gasteiger partial charge in [0.25, 0.3) is 5.91 Å². The summed E-state index contributed by atoms with van der Waals surface area (Å²) in [6.45, 7) is 6.22. The monoisotopic (exact) mass is 460 g/mol. The van der Waals surface area contributed by atoms with Gasteiger partial charge in [0.05, 0.1) is 12.8 Å². The minimum atomic E-state index is -0.524. The number of Topliss-reactive ketones (excluding diaryl/α,β-unsaturated/α-hetero) is 1. The molecule has 0 fully saturated rings. The normalized spacial score (nSPS) is 20.6. The van der Waals surface area contributed by atoms with E-state index in [9.17, 15) is 9.59 Å². The van der Waals surface area contributed by atoms with Crippen molar-refractivity contribution >= 4 is 17.4 Å². The van der Waals surface area contributed by atoms with Crippen LogP contribution in [0.15, 0.2) is 65.0 Å². The Morgan fingerprint density at radius 1 is 1.12 bits per heavy atom. The zero-order valence-electron chi connectivity index (χ0n) is 19.8. The van der Waals surface area contributed by atoms with Crippen molar-refractivity contribution in [1.82, 2.24) is 5.32 Å². The van der Waals surface area contributed by atoms with Crippen LogP contribution >= 0.6 is 0 Å². The average Bonchev–Trinajstić information content (AvgIpc) is 3.25. The number of anilines is 1. The second kappa shape index (κ2) is 8.24. The van der Waals surface area contributed by atoms with Crippen LogP contribution < -0.4 is 24.8 Å². The first-order valence-electron chi connectivity index (χ1n) is 11.4. The van der Waals surface area contributed by atoms with Crippen molar-refractivity contribution in [3.05, 3.63) is 70.6 Å². The third kappa shape index (κ3) is 3.81. The maximum absolute atomic E-state index is 13.7. The van der Waals surface area contributed by atoms with Crippen LogP contribution in [0.25, 0.3) is 0 Å². The maximum Gasteiger partial charge on any atom is 0.254 e. The van der Waals surface area contributed by atoms with Gasteiger partial charge in [0.2, 0.25) is 6.79 Å². The smallest absolute Gasteiger partial charge is 0.254 e. The Morgan fingerprint density at radius 2 is 1.88 bits per heavy atom. The van der Waals surface area contributed by atoms with Crippen molar-refractivity contribution in [2.75, 3.05) is 19.2 Å². The summed E-state index contributed by atoms with van der Waals surface area (Å²) in [6, 6.07) is 12.9. The van der Waals surface area contributed by atoms with Crippen molar-refractivity contribution in [3.8, 4) is 17.2 Å². The van der Waals surface area contributed by atoms with Gasteiger partial charge in [-0.15, -0.1) is 0 Å². The fourth-order valence-corrected chi connectivity index (χ4v) is 5.10. The van der Waals surface area contributed by atoms with Crippen LogP contribution in [-0.2, 0) is 9.59 Å². The van der Waals surface area contributed by atoms with Gasteiger partial charge in [-0.3, -0.25) is 9.59 Å².